The van der Waals surface area contributed by atoms with E-state index < -0.39 is 6.16 Å². The maximum Gasteiger partial charge on any atom is 0.513 e. The van der Waals surface area contributed by atoms with Crippen molar-refractivity contribution in [1.82, 2.24) is 4.90 Å². The van der Waals surface area contributed by atoms with Gasteiger partial charge in [0.15, 0.2) is 11.5 Å². The summed E-state index contributed by atoms with van der Waals surface area (Å²) in [4.78, 5) is 25.8. The summed E-state index contributed by atoms with van der Waals surface area (Å²) < 4.78 is 20.6. The fourth-order valence-corrected chi connectivity index (χ4v) is 2.52. The smallest absolute Gasteiger partial charge is 0.493 e. The minimum absolute atomic E-state index is 0.0107. The number of amides is 1. The fraction of sp³-hybridized carbons (Fsp3) is 0.450. The summed E-state index contributed by atoms with van der Waals surface area (Å²) >= 11 is 0. The second-order valence-corrected chi connectivity index (χ2v) is 6.04. The molecule has 0 aromatic heterocycles. The van der Waals surface area contributed by atoms with Crippen molar-refractivity contribution in [3.05, 3.63) is 29.3 Å². The van der Waals surface area contributed by atoms with E-state index in [1.54, 1.807) is 17.0 Å². The SMILES string of the molecule is CCCCOC(=O)Oc1ccc(/C=C(\C#N)C(=O)N2CCOCC2)cc1OC. The largest absolute Gasteiger partial charge is 0.513 e. The topological polar surface area (TPSA) is 98.1 Å². The number of rotatable bonds is 7. The van der Waals surface area contributed by atoms with Crippen molar-refractivity contribution in [3.63, 3.8) is 0 Å². The van der Waals surface area contributed by atoms with Crippen LogP contribution in [0.3, 0.4) is 0 Å². The highest BCUT2D eigenvalue weighted by atomic mass is 16.7. The maximum absolute atomic E-state index is 12.5. The number of hydrogen-bond acceptors (Lipinski definition) is 7. The van der Waals surface area contributed by atoms with Crippen molar-refractivity contribution >= 4 is 18.1 Å². The molecular weight excluding hydrogens is 364 g/mol. The van der Waals surface area contributed by atoms with Crippen molar-refractivity contribution in [1.29, 1.82) is 5.26 Å². The molecule has 1 aromatic carbocycles. The predicted octanol–water partition coefficient (Wildman–Crippen LogP) is 2.78. The molecule has 0 saturated carbocycles. The molecule has 2 rings (SSSR count). The number of benzene rings is 1. The van der Waals surface area contributed by atoms with Crippen LogP contribution in [0.25, 0.3) is 6.08 Å². The minimum Gasteiger partial charge on any atom is -0.493 e. The Bertz CT molecular complexity index is 762. The fourth-order valence-electron chi connectivity index (χ4n) is 2.52. The maximum atomic E-state index is 12.5. The van der Waals surface area contributed by atoms with Gasteiger partial charge in [0.05, 0.1) is 26.9 Å². The molecule has 150 valence electrons. The van der Waals surface area contributed by atoms with Gasteiger partial charge in [-0.05, 0) is 30.2 Å². The number of carbonyl (C=O) groups excluding carboxylic acids is 2. The van der Waals surface area contributed by atoms with Crippen molar-refractivity contribution in [2.24, 2.45) is 0 Å². The van der Waals surface area contributed by atoms with Crippen molar-refractivity contribution in [2.75, 3.05) is 40.0 Å². The molecule has 0 aliphatic carbocycles. The van der Waals surface area contributed by atoms with Gasteiger partial charge in [-0.3, -0.25) is 4.79 Å². The van der Waals surface area contributed by atoms with Crippen LogP contribution in [0.15, 0.2) is 23.8 Å². The average molecular weight is 388 g/mol. The van der Waals surface area contributed by atoms with E-state index in [0.717, 1.165) is 12.8 Å². The third-order valence-corrected chi connectivity index (χ3v) is 4.06. The third kappa shape index (κ3) is 5.99. The highest BCUT2D eigenvalue weighted by molar-refractivity contribution is 6.01. The summed E-state index contributed by atoms with van der Waals surface area (Å²) in [5.74, 6) is 0.140. The number of unbranched alkanes of at least 4 members (excludes halogenated alkanes) is 1. The Balaban J connectivity index is 2.12. The first-order valence-corrected chi connectivity index (χ1v) is 9.10. The minimum atomic E-state index is -0.810. The van der Waals surface area contributed by atoms with Crippen molar-refractivity contribution in [2.45, 2.75) is 19.8 Å². The first-order chi connectivity index (χ1) is 13.6. The molecule has 1 amide bonds. The van der Waals surface area contributed by atoms with Crippen LogP contribution in [0, 0.1) is 11.3 Å². The first-order valence-electron chi connectivity index (χ1n) is 9.10. The van der Waals surface area contributed by atoms with Gasteiger partial charge in [-0.1, -0.05) is 19.4 Å². The van der Waals surface area contributed by atoms with Gasteiger partial charge < -0.3 is 23.8 Å². The first kappa shape index (κ1) is 21.3. The summed E-state index contributed by atoms with van der Waals surface area (Å²) in [6.45, 7) is 4.09. The number of nitriles is 1. The Morgan fingerprint density at radius 2 is 2.04 bits per heavy atom. The molecule has 0 bridgehead atoms. The summed E-state index contributed by atoms with van der Waals surface area (Å²) in [6, 6.07) is 6.68. The quantitative estimate of drug-likeness (QED) is 0.233. The lowest BCUT2D eigenvalue weighted by atomic mass is 10.1. The molecule has 1 aromatic rings. The number of hydrogen-bond donors (Lipinski definition) is 0. The zero-order chi connectivity index (χ0) is 20.4. The molecule has 8 nitrogen and oxygen atoms in total. The number of ether oxygens (including phenoxy) is 4. The molecule has 28 heavy (non-hydrogen) atoms. The van der Waals surface area contributed by atoms with Gasteiger partial charge in [-0.25, -0.2) is 4.79 Å². The Morgan fingerprint density at radius 3 is 2.68 bits per heavy atom. The zero-order valence-corrected chi connectivity index (χ0v) is 16.1. The van der Waals surface area contributed by atoms with Crippen LogP contribution >= 0.6 is 0 Å². The summed E-state index contributed by atoms with van der Waals surface area (Å²) in [7, 11) is 1.43. The van der Waals surface area contributed by atoms with Crippen LogP contribution in [-0.2, 0) is 14.3 Å². The lowest BCUT2D eigenvalue weighted by Gasteiger charge is -2.26. The highest BCUT2D eigenvalue weighted by Gasteiger charge is 2.21. The van der Waals surface area contributed by atoms with Gasteiger partial charge >= 0.3 is 6.16 Å². The Morgan fingerprint density at radius 1 is 1.29 bits per heavy atom. The summed E-state index contributed by atoms with van der Waals surface area (Å²) in [5.41, 5.74) is 0.582. The molecule has 0 radical (unpaired) electrons. The second-order valence-electron chi connectivity index (χ2n) is 6.04. The van der Waals surface area contributed by atoms with E-state index in [0.29, 0.717) is 31.9 Å². The average Bonchev–Trinajstić information content (AvgIpc) is 2.73. The Hall–Kier alpha value is -3.05. The number of morpholine rings is 1. The van der Waals surface area contributed by atoms with Crippen LogP contribution in [0.1, 0.15) is 25.3 Å². The predicted molar refractivity (Wildman–Crippen MR) is 101 cm³/mol. The Labute approximate surface area is 164 Å². The van der Waals surface area contributed by atoms with Gasteiger partial charge in [0, 0.05) is 13.1 Å². The van der Waals surface area contributed by atoms with Crippen LogP contribution in [-0.4, -0.2) is 57.0 Å². The van der Waals surface area contributed by atoms with Gasteiger partial charge in [0.25, 0.3) is 5.91 Å². The van der Waals surface area contributed by atoms with E-state index in [-0.39, 0.29) is 29.6 Å². The third-order valence-electron chi connectivity index (χ3n) is 4.06. The van der Waals surface area contributed by atoms with Crippen molar-refractivity contribution < 1.29 is 28.5 Å². The normalized spacial score (nSPS) is 14.2. The molecule has 1 saturated heterocycles. The molecule has 0 unspecified atom stereocenters. The molecule has 0 atom stereocenters. The monoisotopic (exact) mass is 388 g/mol. The molecule has 1 aliphatic heterocycles. The molecule has 0 spiro atoms. The van der Waals surface area contributed by atoms with Gasteiger partial charge in [0.2, 0.25) is 0 Å². The van der Waals surface area contributed by atoms with Gasteiger partial charge in [-0.15, -0.1) is 0 Å². The lowest BCUT2D eigenvalue weighted by molar-refractivity contribution is -0.130. The molecule has 1 heterocycles. The molecule has 1 fully saturated rings. The molecule has 0 N–H and O–H groups in total. The van der Waals surface area contributed by atoms with Gasteiger partial charge in [0.1, 0.15) is 11.6 Å². The van der Waals surface area contributed by atoms with Gasteiger partial charge in [-0.2, -0.15) is 5.26 Å². The summed E-state index contributed by atoms with van der Waals surface area (Å²) in [6.07, 6.45) is 2.32. The molecule has 1 aliphatic rings. The number of nitrogens with zero attached hydrogens (tertiary/aromatic N) is 2. The van der Waals surface area contributed by atoms with Crippen LogP contribution in [0.2, 0.25) is 0 Å². The standard InChI is InChI=1S/C20H24N2O6/c1-3-4-9-27-20(24)28-17-6-5-15(13-18(17)25-2)12-16(14-21)19(23)22-7-10-26-11-8-22/h5-6,12-13H,3-4,7-11H2,1-2H3/b16-12+. The number of carbonyl (C=O) groups is 2. The summed E-state index contributed by atoms with van der Waals surface area (Å²) in [5, 5.41) is 9.38. The van der Waals surface area contributed by atoms with E-state index in [9.17, 15) is 14.9 Å². The van der Waals surface area contributed by atoms with E-state index >= 15 is 0 Å². The zero-order valence-electron chi connectivity index (χ0n) is 16.1. The van der Waals surface area contributed by atoms with Crippen LogP contribution < -0.4 is 9.47 Å². The van der Waals surface area contributed by atoms with E-state index in [2.05, 4.69) is 0 Å². The van der Waals surface area contributed by atoms with E-state index in [1.807, 2.05) is 13.0 Å². The lowest BCUT2D eigenvalue weighted by Crippen LogP contribution is -2.41. The van der Waals surface area contributed by atoms with E-state index in [4.69, 9.17) is 18.9 Å². The van der Waals surface area contributed by atoms with Crippen LogP contribution in [0.4, 0.5) is 4.79 Å². The van der Waals surface area contributed by atoms with E-state index in [1.165, 1.54) is 19.3 Å². The van der Waals surface area contributed by atoms with Crippen molar-refractivity contribution in [3.8, 4) is 17.6 Å². The Kier molecular flexibility index (Phi) is 8.31. The second kappa shape index (κ2) is 10.9. The number of methoxy groups -OCH3 is 1. The molecular formula is C20H24N2O6. The molecule has 8 heteroatoms. The highest BCUT2D eigenvalue weighted by Crippen LogP contribution is 2.29. The van der Waals surface area contributed by atoms with Crippen LogP contribution in [0.5, 0.6) is 11.5 Å².